The molecule has 0 amide bonds. The van der Waals surface area contributed by atoms with Gasteiger partial charge in [0, 0.05) is 6.04 Å². The summed E-state index contributed by atoms with van der Waals surface area (Å²) in [5.41, 5.74) is 7.43. The van der Waals surface area contributed by atoms with Crippen molar-refractivity contribution in [3.05, 3.63) is 0 Å². The number of halogens is 1. The lowest BCUT2D eigenvalue weighted by molar-refractivity contribution is -0.122. The zero-order chi connectivity index (χ0) is 14.8. The molecule has 0 aromatic carbocycles. The molecule has 0 spiro atoms. The number of aliphatic hydroxyl groups excluding tert-OH is 1. The molecule has 2 nitrogen and oxygen atoms in total. The van der Waals surface area contributed by atoms with Crippen molar-refractivity contribution in [1.29, 1.82) is 0 Å². The molecular formula is C19H34ClNO. The molecule has 0 aromatic rings. The van der Waals surface area contributed by atoms with Crippen LogP contribution in [0.4, 0.5) is 0 Å². The van der Waals surface area contributed by atoms with E-state index in [1.54, 1.807) is 0 Å². The highest BCUT2D eigenvalue weighted by Crippen LogP contribution is 2.65. The van der Waals surface area contributed by atoms with Crippen molar-refractivity contribution in [3.8, 4) is 0 Å². The van der Waals surface area contributed by atoms with Gasteiger partial charge in [-0.3, -0.25) is 0 Å². The second-order valence-electron chi connectivity index (χ2n) is 9.31. The standard InChI is InChI=1S/C19H33NO.ClH/c1-18-9-7-13(21)11-12(18)3-4-14-15-5-6-17(20)19(15,2)10-8-16(14)18;/h12-17,21H,3-11,20H2,1-2H3;1H/t12-,13+,14-,15-,16-,17-,18-,19-;/m0./s1. The van der Waals surface area contributed by atoms with Crippen LogP contribution in [0.25, 0.3) is 0 Å². The molecule has 0 aromatic heterocycles. The maximum atomic E-state index is 10.1. The number of rotatable bonds is 0. The van der Waals surface area contributed by atoms with Crippen LogP contribution >= 0.6 is 12.4 Å². The Balaban J connectivity index is 0.00000144. The van der Waals surface area contributed by atoms with E-state index in [9.17, 15) is 5.11 Å². The Labute approximate surface area is 142 Å². The van der Waals surface area contributed by atoms with Gasteiger partial charge in [-0.2, -0.15) is 0 Å². The average molecular weight is 328 g/mol. The van der Waals surface area contributed by atoms with Gasteiger partial charge in [-0.25, -0.2) is 0 Å². The normalized spacial score (nSPS) is 57.3. The largest absolute Gasteiger partial charge is 0.393 e. The SMILES string of the molecule is C[C@]12CC[C@@H](O)C[C@@H]1CC[C@@H]1[C@@H]2CC[C@]2(C)[C@@H](N)CC[C@@H]12.Cl. The first-order valence-corrected chi connectivity index (χ1v) is 9.39. The van der Waals surface area contributed by atoms with Crippen LogP contribution in [-0.4, -0.2) is 17.3 Å². The number of hydrogen-bond donors (Lipinski definition) is 2. The Morgan fingerprint density at radius 2 is 1.55 bits per heavy atom. The van der Waals surface area contributed by atoms with Crippen LogP contribution in [0.15, 0.2) is 0 Å². The Hall–Kier alpha value is 0.210. The van der Waals surface area contributed by atoms with E-state index in [4.69, 9.17) is 5.73 Å². The maximum Gasteiger partial charge on any atom is 0.0543 e. The summed E-state index contributed by atoms with van der Waals surface area (Å²) in [5, 5.41) is 10.1. The highest BCUT2D eigenvalue weighted by molar-refractivity contribution is 5.85. The van der Waals surface area contributed by atoms with Crippen LogP contribution in [0.1, 0.15) is 71.6 Å². The number of fused-ring (bicyclic) bond motifs is 5. The molecule has 0 saturated heterocycles. The van der Waals surface area contributed by atoms with Crippen molar-refractivity contribution in [2.45, 2.75) is 83.8 Å². The minimum absolute atomic E-state index is 0. The smallest absolute Gasteiger partial charge is 0.0543 e. The first-order chi connectivity index (χ1) is 9.95. The monoisotopic (exact) mass is 327 g/mol. The lowest BCUT2D eigenvalue weighted by Crippen LogP contribution is -2.55. The lowest BCUT2D eigenvalue weighted by atomic mass is 9.45. The Morgan fingerprint density at radius 3 is 2.32 bits per heavy atom. The molecule has 3 N–H and O–H groups in total. The third-order valence-electron chi connectivity index (χ3n) is 8.71. The van der Waals surface area contributed by atoms with Crippen molar-refractivity contribution in [2.75, 3.05) is 0 Å². The molecule has 0 aliphatic heterocycles. The molecule has 128 valence electrons. The molecule has 0 bridgehead atoms. The summed E-state index contributed by atoms with van der Waals surface area (Å²) < 4.78 is 0. The summed E-state index contributed by atoms with van der Waals surface area (Å²) >= 11 is 0. The summed E-state index contributed by atoms with van der Waals surface area (Å²) in [4.78, 5) is 0. The van der Waals surface area contributed by atoms with Crippen LogP contribution in [0, 0.1) is 34.5 Å². The van der Waals surface area contributed by atoms with Gasteiger partial charge in [0.1, 0.15) is 0 Å². The van der Waals surface area contributed by atoms with Gasteiger partial charge in [0.05, 0.1) is 6.10 Å². The molecule has 4 aliphatic carbocycles. The molecule has 0 radical (unpaired) electrons. The summed E-state index contributed by atoms with van der Waals surface area (Å²) in [7, 11) is 0. The minimum Gasteiger partial charge on any atom is -0.393 e. The van der Waals surface area contributed by atoms with E-state index in [2.05, 4.69) is 13.8 Å². The Morgan fingerprint density at radius 1 is 0.864 bits per heavy atom. The number of nitrogens with two attached hydrogens (primary N) is 1. The molecule has 22 heavy (non-hydrogen) atoms. The number of aliphatic hydroxyl groups is 1. The molecule has 8 atom stereocenters. The second kappa shape index (κ2) is 5.63. The zero-order valence-corrected chi connectivity index (χ0v) is 15.1. The van der Waals surface area contributed by atoms with E-state index in [0.29, 0.717) is 16.9 Å². The molecule has 0 unspecified atom stereocenters. The second-order valence-corrected chi connectivity index (χ2v) is 9.31. The first kappa shape index (κ1) is 17.0. The summed E-state index contributed by atoms with van der Waals surface area (Å²) in [6, 6.07) is 0.446. The van der Waals surface area contributed by atoms with Crippen LogP contribution < -0.4 is 5.73 Å². The highest BCUT2D eigenvalue weighted by Gasteiger charge is 2.59. The minimum atomic E-state index is -0.0200. The van der Waals surface area contributed by atoms with E-state index >= 15 is 0 Å². The molecule has 4 saturated carbocycles. The van der Waals surface area contributed by atoms with Gasteiger partial charge in [-0.05, 0) is 92.3 Å². The van der Waals surface area contributed by atoms with Gasteiger partial charge < -0.3 is 10.8 Å². The predicted octanol–water partition coefficient (Wildman–Crippen LogP) is 4.14. The third-order valence-corrected chi connectivity index (χ3v) is 8.71. The van der Waals surface area contributed by atoms with Crippen molar-refractivity contribution in [3.63, 3.8) is 0 Å². The zero-order valence-electron chi connectivity index (χ0n) is 14.3. The van der Waals surface area contributed by atoms with E-state index in [1.807, 2.05) is 0 Å². The number of hydrogen-bond acceptors (Lipinski definition) is 2. The van der Waals surface area contributed by atoms with Crippen molar-refractivity contribution >= 4 is 12.4 Å². The maximum absolute atomic E-state index is 10.1. The molecule has 4 rings (SSSR count). The van der Waals surface area contributed by atoms with Crippen LogP contribution in [0.5, 0.6) is 0 Å². The highest BCUT2D eigenvalue weighted by atomic mass is 35.5. The van der Waals surface area contributed by atoms with E-state index in [0.717, 1.165) is 36.5 Å². The Bertz CT molecular complexity index is 430. The van der Waals surface area contributed by atoms with Crippen molar-refractivity contribution in [2.24, 2.45) is 40.2 Å². The lowest BCUT2D eigenvalue weighted by Gasteiger charge is -2.60. The molecular weight excluding hydrogens is 294 g/mol. The fourth-order valence-electron chi connectivity index (χ4n) is 7.28. The third kappa shape index (κ3) is 2.20. The predicted molar refractivity (Wildman–Crippen MR) is 93.0 cm³/mol. The van der Waals surface area contributed by atoms with Crippen molar-refractivity contribution < 1.29 is 5.11 Å². The fourth-order valence-corrected chi connectivity index (χ4v) is 7.28. The van der Waals surface area contributed by atoms with E-state index < -0.39 is 0 Å². The molecule has 4 aliphatic rings. The average Bonchev–Trinajstić information content (AvgIpc) is 2.76. The topological polar surface area (TPSA) is 46.2 Å². The van der Waals surface area contributed by atoms with Gasteiger partial charge in [0.15, 0.2) is 0 Å². The van der Waals surface area contributed by atoms with Crippen LogP contribution in [0.2, 0.25) is 0 Å². The summed E-state index contributed by atoms with van der Waals surface area (Å²) in [5.74, 6) is 3.50. The Kier molecular flexibility index (Phi) is 4.37. The van der Waals surface area contributed by atoms with Gasteiger partial charge in [-0.15, -0.1) is 12.4 Å². The fraction of sp³-hybridized carbons (Fsp3) is 1.00. The summed E-state index contributed by atoms with van der Waals surface area (Å²) in [6.07, 6.45) is 11.5. The van der Waals surface area contributed by atoms with Gasteiger partial charge in [0.25, 0.3) is 0 Å². The van der Waals surface area contributed by atoms with Crippen molar-refractivity contribution in [1.82, 2.24) is 0 Å². The van der Waals surface area contributed by atoms with Gasteiger partial charge in [-0.1, -0.05) is 13.8 Å². The molecule has 0 heterocycles. The van der Waals surface area contributed by atoms with Gasteiger partial charge >= 0.3 is 0 Å². The quantitative estimate of drug-likeness (QED) is 0.702. The van der Waals surface area contributed by atoms with Crippen LogP contribution in [0.3, 0.4) is 0 Å². The molecule has 3 heteroatoms. The van der Waals surface area contributed by atoms with Crippen LogP contribution in [-0.2, 0) is 0 Å². The molecule has 4 fully saturated rings. The van der Waals surface area contributed by atoms with E-state index in [1.165, 1.54) is 44.9 Å². The first-order valence-electron chi connectivity index (χ1n) is 9.39. The van der Waals surface area contributed by atoms with Gasteiger partial charge in [0.2, 0.25) is 0 Å². The summed E-state index contributed by atoms with van der Waals surface area (Å²) in [6.45, 7) is 5.06. The van der Waals surface area contributed by atoms with E-state index in [-0.39, 0.29) is 18.5 Å².